The summed E-state index contributed by atoms with van der Waals surface area (Å²) in [5, 5.41) is 5.69. The van der Waals surface area contributed by atoms with Crippen LogP contribution in [-0.2, 0) is 11.3 Å². The number of carbonyl (C=O) groups is 3. The second-order valence-electron chi connectivity index (χ2n) is 8.20. The fraction of sp³-hybridized carbons (Fsp3) is 0.375. The van der Waals surface area contributed by atoms with E-state index in [0.717, 1.165) is 31.7 Å². The first-order valence-corrected chi connectivity index (χ1v) is 10.6. The molecule has 0 bridgehead atoms. The number of amides is 3. The van der Waals surface area contributed by atoms with E-state index in [1.165, 1.54) is 0 Å². The lowest BCUT2D eigenvalue weighted by Gasteiger charge is -2.32. The molecule has 0 spiro atoms. The van der Waals surface area contributed by atoms with Crippen LogP contribution < -0.4 is 10.6 Å². The van der Waals surface area contributed by atoms with Gasteiger partial charge in [0.15, 0.2) is 0 Å². The van der Waals surface area contributed by atoms with E-state index in [2.05, 4.69) is 22.6 Å². The number of nitrogens with one attached hydrogen (secondary N) is 2. The summed E-state index contributed by atoms with van der Waals surface area (Å²) in [4.78, 5) is 40.9. The van der Waals surface area contributed by atoms with E-state index >= 15 is 0 Å². The van der Waals surface area contributed by atoms with Crippen LogP contribution in [0.3, 0.4) is 0 Å². The van der Waals surface area contributed by atoms with Gasteiger partial charge >= 0.3 is 0 Å². The third-order valence-electron chi connectivity index (χ3n) is 5.38. The van der Waals surface area contributed by atoms with Gasteiger partial charge in [-0.3, -0.25) is 14.4 Å². The number of benzene rings is 2. The third kappa shape index (κ3) is 6.15. The number of piperazine rings is 1. The molecule has 1 aliphatic heterocycles. The molecule has 3 rings (SSSR count). The molecule has 164 valence electrons. The summed E-state index contributed by atoms with van der Waals surface area (Å²) in [6.45, 7) is 7.29. The topological polar surface area (TPSA) is 81.8 Å². The molecule has 0 atom stereocenters. The predicted molar refractivity (Wildman–Crippen MR) is 121 cm³/mol. The van der Waals surface area contributed by atoms with E-state index in [9.17, 15) is 14.4 Å². The fourth-order valence-electron chi connectivity index (χ4n) is 3.23. The second-order valence-corrected chi connectivity index (χ2v) is 8.20. The first-order valence-electron chi connectivity index (χ1n) is 10.6. The Morgan fingerprint density at radius 1 is 0.871 bits per heavy atom. The van der Waals surface area contributed by atoms with Gasteiger partial charge in [0.2, 0.25) is 5.91 Å². The van der Waals surface area contributed by atoms with Crippen LogP contribution in [0.25, 0.3) is 0 Å². The molecule has 31 heavy (non-hydrogen) atoms. The predicted octanol–water partition coefficient (Wildman–Crippen LogP) is 2.60. The molecule has 7 nitrogen and oxygen atoms in total. The maximum absolute atomic E-state index is 12.6. The molecule has 1 heterocycles. The van der Waals surface area contributed by atoms with Gasteiger partial charge in [0.25, 0.3) is 11.8 Å². The monoisotopic (exact) mass is 422 g/mol. The molecule has 0 radical (unpaired) electrons. The molecule has 1 fully saturated rings. The van der Waals surface area contributed by atoms with Gasteiger partial charge < -0.3 is 20.4 Å². The summed E-state index contributed by atoms with van der Waals surface area (Å²) in [5.41, 5.74) is 2.77. The van der Waals surface area contributed by atoms with Crippen molar-refractivity contribution in [2.75, 3.05) is 38.5 Å². The number of rotatable bonds is 6. The molecule has 2 aromatic rings. The largest absolute Gasteiger partial charge is 0.348 e. The lowest BCUT2D eigenvalue weighted by Crippen LogP contribution is -2.47. The van der Waals surface area contributed by atoms with E-state index in [-0.39, 0.29) is 23.6 Å². The SMILES string of the molecule is CC(C)C(=O)Nc1ccc(C(=O)NCc2ccc(C(=O)N3CCN(C)CC3)cc2)cc1. The lowest BCUT2D eigenvalue weighted by molar-refractivity contribution is -0.118. The van der Waals surface area contributed by atoms with E-state index in [1.807, 2.05) is 43.0 Å². The van der Waals surface area contributed by atoms with E-state index in [1.54, 1.807) is 24.3 Å². The van der Waals surface area contributed by atoms with Crippen molar-refractivity contribution in [3.05, 3.63) is 65.2 Å². The molecule has 0 aromatic heterocycles. The van der Waals surface area contributed by atoms with Gasteiger partial charge in [-0.05, 0) is 49.0 Å². The summed E-state index contributed by atoms with van der Waals surface area (Å²) in [6, 6.07) is 14.2. The number of anilines is 1. The quantitative estimate of drug-likeness (QED) is 0.750. The Morgan fingerprint density at radius 2 is 1.45 bits per heavy atom. The highest BCUT2D eigenvalue weighted by atomic mass is 16.2. The maximum atomic E-state index is 12.6. The highest BCUT2D eigenvalue weighted by Gasteiger charge is 2.20. The summed E-state index contributed by atoms with van der Waals surface area (Å²) in [7, 11) is 2.06. The van der Waals surface area contributed by atoms with Crippen LogP contribution in [0.15, 0.2) is 48.5 Å². The number of hydrogen-bond acceptors (Lipinski definition) is 4. The van der Waals surface area contributed by atoms with Crippen LogP contribution in [0, 0.1) is 5.92 Å². The smallest absolute Gasteiger partial charge is 0.253 e. The van der Waals surface area contributed by atoms with Crippen molar-refractivity contribution in [2.24, 2.45) is 5.92 Å². The van der Waals surface area contributed by atoms with Crippen molar-refractivity contribution in [1.29, 1.82) is 0 Å². The van der Waals surface area contributed by atoms with Crippen molar-refractivity contribution in [3.8, 4) is 0 Å². The van der Waals surface area contributed by atoms with Gasteiger partial charge in [-0.15, -0.1) is 0 Å². The molecule has 2 N–H and O–H groups in total. The van der Waals surface area contributed by atoms with Crippen LogP contribution in [0.1, 0.15) is 40.1 Å². The van der Waals surface area contributed by atoms with E-state index < -0.39 is 0 Å². The molecular formula is C24H30N4O3. The van der Waals surface area contributed by atoms with Crippen molar-refractivity contribution in [1.82, 2.24) is 15.1 Å². The molecule has 0 unspecified atom stereocenters. The van der Waals surface area contributed by atoms with Crippen molar-refractivity contribution in [2.45, 2.75) is 20.4 Å². The fourth-order valence-corrected chi connectivity index (χ4v) is 3.23. The minimum absolute atomic E-state index is 0.0494. The van der Waals surface area contributed by atoms with Crippen LogP contribution in [0.5, 0.6) is 0 Å². The molecule has 2 aromatic carbocycles. The van der Waals surface area contributed by atoms with Crippen LogP contribution in [0.4, 0.5) is 5.69 Å². The molecule has 3 amide bonds. The summed E-state index contributed by atoms with van der Waals surface area (Å²) in [6.07, 6.45) is 0. The number of hydrogen-bond donors (Lipinski definition) is 2. The second kappa shape index (κ2) is 10.2. The van der Waals surface area contributed by atoms with Crippen molar-refractivity contribution < 1.29 is 14.4 Å². The van der Waals surface area contributed by atoms with Gasteiger partial charge in [0, 0.05) is 55.5 Å². The average Bonchev–Trinajstić information content (AvgIpc) is 2.78. The molecule has 0 saturated carbocycles. The van der Waals surface area contributed by atoms with Gasteiger partial charge in [-0.25, -0.2) is 0 Å². The third-order valence-corrected chi connectivity index (χ3v) is 5.38. The zero-order valence-electron chi connectivity index (χ0n) is 18.4. The number of carbonyl (C=O) groups excluding carboxylic acids is 3. The standard InChI is InChI=1S/C24H30N4O3/c1-17(2)22(29)26-21-10-8-19(9-11-21)23(30)25-16-18-4-6-20(7-5-18)24(31)28-14-12-27(3)13-15-28/h4-11,17H,12-16H2,1-3H3,(H,25,30)(H,26,29). The summed E-state index contributed by atoms with van der Waals surface area (Å²) < 4.78 is 0. The molecule has 1 saturated heterocycles. The minimum Gasteiger partial charge on any atom is -0.348 e. The van der Waals surface area contributed by atoms with Gasteiger partial charge in [-0.1, -0.05) is 26.0 Å². The Hall–Kier alpha value is -3.19. The highest BCUT2D eigenvalue weighted by molar-refractivity contribution is 5.96. The highest BCUT2D eigenvalue weighted by Crippen LogP contribution is 2.13. The van der Waals surface area contributed by atoms with Gasteiger partial charge in [-0.2, -0.15) is 0 Å². The first kappa shape index (κ1) is 22.5. The van der Waals surface area contributed by atoms with Gasteiger partial charge in [0.05, 0.1) is 0 Å². The lowest BCUT2D eigenvalue weighted by atomic mass is 10.1. The minimum atomic E-state index is -0.195. The molecule has 7 heteroatoms. The Balaban J connectivity index is 1.51. The molecular weight excluding hydrogens is 392 g/mol. The molecule has 1 aliphatic rings. The Bertz CT molecular complexity index is 915. The van der Waals surface area contributed by atoms with Gasteiger partial charge in [0.1, 0.15) is 0 Å². The van der Waals surface area contributed by atoms with Crippen molar-refractivity contribution >= 4 is 23.4 Å². The number of nitrogens with zero attached hydrogens (tertiary/aromatic N) is 2. The summed E-state index contributed by atoms with van der Waals surface area (Å²) in [5.74, 6) is -0.314. The van der Waals surface area contributed by atoms with E-state index in [4.69, 9.17) is 0 Å². The normalized spacial score (nSPS) is 14.4. The maximum Gasteiger partial charge on any atom is 0.253 e. The average molecular weight is 423 g/mol. The molecule has 0 aliphatic carbocycles. The van der Waals surface area contributed by atoms with Crippen LogP contribution in [0.2, 0.25) is 0 Å². The first-order chi connectivity index (χ1) is 14.8. The Labute approximate surface area is 183 Å². The van der Waals surface area contributed by atoms with Crippen LogP contribution in [-0.4, -0.2) is 60.7 Å². The zero-order valence-corrected chi connectivity index (χ0v) is 18.4. The summed E-state index contributed by atoms with van der Waals surface area (Å²) >= 11 is 0. The van der Waals surface area contributed by atoms with Crippen LogP contribution >= 0.6 is 0 Å². The number of likely N-dealkylation sites (N-methyl/N-ethyl adjacent to an activating group) is 1. The zero-order chi connectivity index (χ0) is 22.4. The van der Waals surface area contributed by atoms with Crippen molar-refractivity contribution in [3.63, 3.8) is 0 Å². The van der Waals surface area contributed by atoms with E-state index in [0.29, 0.717) is 23.4 Å². The Morgan fingerprint density at radius 3 is 2.03 bits per heavy atom. The Kier molecular flexibility index (Phi) is 7.41.